The molecule has 1 saturated carbocycles. The molecule has 104 valence electrons. The van der Waals surface area contributed by atoms with E-state index >= 15 is 0 Å². The topological polar surface area (TPSA) is 45.0 Å². The molecule has 1 aliphatic rings. The molecule has 1 aliphatic carbocycles. The molecule has 0 aromatic heterocycles. The highest BCUT2D eigenvalue weighted by Gasteiger charge is 2.46. The van der Waals surface area contributed by atoms with Crippen LogP contribution in [0.5, 0.6) is 0 Å². The average molecular weight is 252 g/mol. The van der Waals surface area contributed by atoms with Crippen LogP contribution < -0.4 is 5.32 Å². The molecule has 0 aliphatic heterocycles. The Morgan fingerprint density at radius 3 is 2.56 bits per heavy atom. The molecule has 1 N–H and O–H groups in total. The van der Waals surface area contributed by atoms with Gasteiger partial charge in [-0.05, 0) is 39.0 Å². The number of rotatable bonds is 10. The third kappa shape index (κ3) is 4.96. The SMILES string of the molecule is CCCCCCOCC(C#N)(NC(C)C)C1CC1. The van der Waals surface area contributed by atoms with Crippen LogP contribution >= 0.6 is 0 Å². The summed E-state index contributed by atoms with van der Waals surface area (Å²) in [5.41, 5.74) is -0.446. The largest absolute Gasteiger partial charge is 0.378 e. The van der Waals surface area contributed by atoms with E-state index in [2.05, 4.69) is 32.2 Å². The summed E-state index contributed by atoms with van der Waals surface area (Å²) in [6, 6.07) is 2.80. The highest BCUT2D eigenvalue weighted by molar-refractivity contribution is 5.15. The van der Waals surface area contributed by atoms with Gasteiger partial charge < -0.3 is 4.74 Å². The van der Waals surface area contributed by atoms with E-state index in [1.165, 1.54) is 19.3 Å². The molecule has 0 heterocycles. The van der Waals surface area contributed by atoms with Gasteiger partial charge in [-0.15, -0.1) is 0 Å². The van der Waals surface area contributed by atoms with Crippen molar-refractivity contribution in [2.75, 3.05) is 13.2 Å². The van der Waals surface area contributed by atoms with Gasteiger partial charge in [-0.2, -0.15) is 5.26 Å². The van der Waals surface area contributed by atoms with Crippen molar-refractivity contribution in [3.8, 4) is 6.07 Å². The predicted octanol–water partition coefficient (Wildman–Crippen LogP) is 3.25. The van der Waals surface area contributed by atoms with Crippen molar-refractivity contribution in [3.05, 3.63) is 0 Å². The Labute approximate surface area is 112 Å². The highest BCUT2D eigenvalue weighted by atomic mass is 16.5. The molecule has 18 heavy (non-hydrogen) atoms. The predicted molar refractivity (Wildman–Crippen MR) is 74.3 cm³/mol. The maximum Gasteiger partial charge on any atom is 0.133 e. The highest BCUT2D eigenvalue weighted by Crippen LogP contribution is 2.40. The van der Waals surface area contributed by atoms with Crippen LogP contribution in [0, 0.1) is 17.2 Å². The zero-order valence-corrected chi connectivity index (χ0v) is 12.2. The van der Waals surface area contributed by atoms with E-state index < -0.39 is 5.54 Å². The molecule has 0 aromatic carbocycles. The molecule has 0 spiro atoms. The quantitative estimate of drug-likeness (QED) is 0.607. The lowest BCUT2D eigenvalue weighted by molar-refractivity contribution is 0.0745. The van der Waals surface area contributed by atoms with E-state index in [1.807, 2.05) is 0 Å². The maximum absolute atomic E-state index is 9.48. The third-order valence-electron chi connectivity index (χ3n) is 3.49. The standard InChI is InChI=1S/C15H28N2O/c1-4-5-6-7-10-18-12-15(11-16,14-8-9-14)17-13(2)3/h13-14,17H,4-10,12H2,1-3H3. The molecule has 1 fully saturated rings. The zero-order valence-electron chi connectivity index (χ0n) is 12.2. The smallest absolute Gasteiger partial charge is 0.133 e. The van der Waals surface area contributed by atoms with Crippen LogP contribution in [0.1, 0.15) is 59.3 Å². The van der Waals surface area contributed by atoms with E-state index in [1.54, 1.807) is 0 Å². The van der Waals surface area contributed by atoms with Crippen LogP contribution in [0.4, 0.5) is 0 Å². The fourth-order valence-electron chi connectivity index (χ4n) is 2.39. The second kappa shape index (κ2) is 7.76. The molecule has 3 nitrogen and oxygen atoms in total. The molecule has 1 rings (SSSR count). The number of hydrogen-bond donors (Lipinski definition) is 1. The van der Waals surface area contributed by atoms with Crippen molar-refractivity contribution in [1.29, 1.82) is 5.26 Å². The number of ether oxygens (including phenoxy) is 1. The number of nitrogens with one attached hydrogen (secondary N) is 1. The Kier molecular flexibility index (Phi) is 6.67. The first-order valence-electron chi connectivity index (χ1n) is 7.41. The average Bonchev–Trinajstić information content (AvgIpc) is 3.16. The molecule has 0 aromatic rings. The minimum Gasteiger partial charge on any atom is -0.378 e. The van der Waals surface area contributed by atoms with E-state index in [0.29, 0.717) is 18.6 Å². The van der Waals surface area contributed by atoms with Gasteiger partial charge in [0.15, 0.2) is 0 Å². The van der Waals surface area contributed by atoms with Crippen molar-refractivity contribution < 1.29 is 4.74 Å². The first-order chi connectivity index (χ1) is 8.64. The summed E-state index contributed by atoms with van der Waals surface area (Å²) in [4.78, 5) is 0. The van der Waals surface area contributed by atoms with Crippen molar-refractivity contribution in [3.63, 3.8) is 0 Å². The number of nitriles is 1. The van der Waals surface area contributed by atoms with Crippen molar-refractivity contribution in [2.45, 2.75) is 70.9 Å². The first-order valence-corrected chi connectivity index (χ1v) is 7.41. The summed E-state index contributed by atoms with van der Waals surface area (Å²) < 4.78 is 5.75. The molecule has 0 bridgehead atoms. The number of unbranched alkanes of at least 4 members (excludes halogenated alkanes) is 3. The van der Waals surface area contributed by atoms with Crippen molar-refractivity contribution >= 4 is 0 Å². The summed E-state index contributed by atoms with van der Waals surface area (Å²) in [5, 5.41) is 12.9. The van der Waals surface area contributed by atoms with Crippen molar-refractivity contribution in [2.24, 2.45) is 5.92 Å². The van der Waals surface area contributed by atoms with Crippen LogP contribution in [-0.4, -0.2) is 24.8 Å². The molecular formula is C15H28N2O. The molecule has 0 amide bonds. The number of hydrogen-bond acceptors (Lipinski definition) is 3. The molecule has 3 heteroatoms. The Morgan fingerprint density at radius 2 is 2.06 bits per heavy atom. The lowest BCUT2D eigenvalue weighted by Crippen LogP contribution is -2.53. The molecule has 0 radical (unpaired) electrons. The monoisotopic (exact) mass is 252 g/mol. The van der Waals surface area contributed by atoms with Crippen LogP contribution in [0.15, 0.2) is 0 Å². The van der Waals surface area contributed by atoms with E-state index in [9.17, 15) is 5.26 Å². The zero-order chi connectivity index (χ0) is 13.4. The van der Waals surface area contributed by atoms with Crippen LogP contribution in [0.2, 0.25) is 0 Å². The molecule has 1 unspecified atom stereocenters. The van der Waals surface area contributed by atoms with Crippen LogP contribution in [0.3, 0.4) is 0 Å². The Balaban J connectivity index is 2.31. The van der Waals surface area contributed by atoms with Gasteiger partial charge >= 0.3 is 0 Å². The molecular weight excluding hydrogens is 224 g/mol. The van der Waals surface area contributed by atoms with Gasteiger partial charge in [-0.3, -0.25) is 5.32 Å². The fourth-order valence-corrected chi connectivity index (χ4v) is 2.39. The summed E-state index contributed by atoms with van der Waals surface area (Å²) in [5.74, 6) is 0.487. The minimum atomic E-state index is -0.446. The van der Waals surface area contributed by atoms with Gasteiger partial charge in [0.1, 0.15) is 5.54 Å². The summed E-state index contributed by atoms with van der Waals surface area (Å²) in [6.07, 6.45) is 7.19. The third-order valence-corrected chi connectivity index (χ3v) is 3.49. The second-order valence-corrected chi connectivity index (χ2v) is 5.77. The summed E-state index contributed by atoms with van der Waals surface area (Å²) in [7, 11) is 0. The molecule has 0 saturated heterocycles. The minimum absolute atomic E-state index is 0.328. The van der Waals surface area contributed by atoms with Gasteiger partial charge in [0.25, 0.3) is 0 Å². The van der Waals surface area contributed by atoms with Gasteiger partial charge in [-0.1, -0.05) is 26.2 Å². The van der Waals surface area contributed by atoms with Crippen molar-refractivity contribution in [1.82, 2.24) is 5.32 Å². The van der Waals surface area contributed by atoms with Gasteiger partial charge in [0.2, 0.25) is 0 Å². The fraction of sp³-hybridized carbons (Fsp3) is 0.933. The van der Waals surface area contributed by atoms with E-state index in [4.69, 9.17) is 4.74 Å². The normalized spacial score (nSPS) is 18.6. The summed E-state index contributed by atoms with van der Waals surface area (Å²) in [6.45, 7) is 7.72. The van der Waals surface area contributed by atoms with Gasteiger partial charge in [0.05, 0.1) is 12.7 Å². The van der Waals surface area contributed by atoms with E-state index in [-0.39, 0.29) is 0 Å². The summed E-state index contributed by atoms with van der Waals surface area (Å²) >= 11 is 0. The maximum atomic E-state index is 9.48. The molecule has 1 atom stereocenters. The lowest BCUT2D eigenvalue weighted by Gasteiger charge is -2.30. The van der Waals surface area contributed by atoms with E-state index in [0.717, 1.165) is 25.9 Å². The Hall–Kier alpha value is -0.590. The Morgan fingerprint density at radius 1 is 1.33 bits per heavy atom. The van der Waals surface area contributed by atoms with Gasteiger partial charge in [-0.25, -0.2) is 0 Å². The van der Waals surface area contributed by atoms with Crippen LogP contribution in [0.25, 0.3) is 0 Å². The number of nitrogens with zero attached hydrogens (tertiary/aromatic N) is 1. The second-order valence-electron chi connectivity index (χ2n) is 5.77. The Bertz CT molecular complexity index is 268. The van der Waals surface area contributed by atoms with Crippen LogP contribution in [-0.2, 0) is 4.74 Å². The first kappa shape index (κ1) is 15.5. The lowest BCUT2D eigenvalue weighted by atomic mass is 9.95. The van der Waals surface area contributed by atoms with Gasteiger partial charge in [0, 0.05) is 12.6 Å².